The first-order chi connectivity index (χ1) is 13.1. The first-order valence-corrected chi connectivity index (χ1v) is 11.7. The molecule has 0 spiro atoms. The molecule has 1 unspecified atom stereocenters. The summed E-state index contributed by atoms with van der Waals surface area (Å²) in [6.07, 6.45) is 15.1. The second-order valence-electron chi connectivity index (χ2n) is 9.08. The fourth-order valence-corrected chi connectivity index (χ4v) is 5.34. The Bertz CT molecular complexity index is 432. The van der Waals surface area contributed by atoms with E-state index in [-0.39, 0.29) is 5.60 Å². The van der Waals surface area contributed by atoms with Gasteiger partial charge in [-0.3, -0.25) is 9.59 Å². The molecule has 0 aromatic carbocycles. The summed E-state index contributed by atoms with van der Waals surface area (Å²) >= 11 is 0. The van der Waals surface area contributed by atoms with E-state index >= 15 is 0 Å². The molecule has 156 valence electrons. The van der Waals surface area contributed by atoms with Gasteiger partial charge in [-0.05, 0) is 37.0 Å². The van der Waals surface area contributed by atoms with Crippen LogP contribution in [0.4, 0.5) is 0 Å². The van der Waals surface area contributed by atoms with Crippen molar-refractivity contribution in [2.75, 3.05) is 6.61 Å². The first-order valence-electron chi connectivity index (χ1n) is 11.7. The Labute approximate surface area is 167 Å². The summed E-state index contributed by atoms with van der Waals surface area (Å²) in [6, 6.07) is 0. The van der Waals surface area contributed by atoms with Crippen molar-refractivity contribution >= 4 is 11.6 Å². The molecular formula is C24H42O3. The van der Waals surface area contributed by atoms with Crippen LogP contribution in [-0.4, -0.2) is 23.8 Å². The van der Waals surface area contributed by atoms with Gasteiger partial charge in [0.2, 0.25) is 0 Å². The second-order valence-corrected chi connectivity index (χ2v) is 9.08. The van der Waals surface area contributed by atoms with Gasteiger partial charge in [0.15, 0.2) is 0 Å². The van der Waals surface area contributed by atoms with Crippen molar-refractivity contribution < 1.29 is 14.3 Å². The summed E-state index contributed by atoms with van der Waals surface area (Å²) in [7, 11) is 0. The van der Waals surface area contributed by atoms with E-state index < -0.39 is 0 Å². The molecule has 2 aliphatic carbocycles. The molecule has 0 heterocycles. The van der Waals surface area contributed by atoms with E-state index in [2.05, 4.69) is 20.8 Å². The lowest BCUT2D eigenvalue weighted by Crippen LogP contribution is -2.53. The third-order valence-corrected chi connectivity index (χ3v) is 6.98. The highest BCUT2D eigenvalue weighted by atomic mass is 16.5. The quantitative estimate of drug-likeness (QED) is 0.315. The van der Waals surface area contributed by atoms with E-state index in [0.29, 0.717) is 55.0 Å². The number of hydrogen-bond donors (Lipinski definition) is 0. The van der Waals surface area contributed by atoms with Gasteiger partial charge in [-0.2, -0.15) is 0 Å². The Balaban J connectivity index is 1.99. The number of unbranched alkanes of at least 4 members (excludes halogenated alkanes) is 6. The second kappa shape index (κ2) is 11.3. The largest absolute Gasteiger partial charge is 0.375 e. The molecule has 0 aromatic rings. The monoisotopic (exact) mass is 378 g/mol. The van der Waals surface area contributed by atoms with Crippen LogP contribution in [0, 0.1) is 17.8 Å². The van der Waals surface area contributed by atoms with E-state index in [9.17, 15) is 9.59 Å². The van der Waals surface area contributed by atoms with Gasteiger partial charge in [0.05, 0.1) is 5.60 Å². The van der Waals surface area contributed by atoms with Crippen molar-refractivity contribution in [3.63, 3.8) is 0 Å². The van der Waals surface area contributed by atoms with Crippen molar-refractivity contribution in [3.05, 3.63) is 0 Å². The Kier molecular flexibility index (Phi) is 9.48. The maximum Gasteiger partial charge on any atom is 0.133 e. The minimum Gasteiger partial charge on any atom is -0.375 e. The summed E-state index contributed by atoms with van der Waals surface area (Å²) in [5.74, 6) is 2.07. The summed E-state index contributed by atoms with van der Waals surface area (Å²) in [6.45, 7) is 7.48. The van der Waals surface area contributed by atoms with E-state index in [1.807, 2.05) is 0 Å². The van der Waals surface area contributed by atoms with E-state index in [1.54, 1.807) is 0 Å². The van der Waals surface area contributed by atoms with Gasteiger partial charge in [0, 0.05) is 32.3 Å². The van der Waals surface area contributed by atoms with E-state index in [1.165, 1.54) is 44.9 Å². The maximum atomic E-state index is 11.7. The van der Waals surface area contributed by atoms with Gasteiger partial charge in [-0.1, -0.05) is 65.7 Å². The van der Waals surface area contributed by atoms with Gasteiger partial charge in [0.1, 0.15) is 11.6 Å². The molecule has 0 N–H and O–H groups in total. The molecule has 27 heavy (non-hydrogen) atoms. The number of hydrogen-bond acceptors (Lipinski definition) is 3. The molecule has 2 rings (SSSR count). The van der Waals surface area contributed by atoms with Crippen LogP contribution < -0.4 is 0 Å². The lowest BCUT2D eigenvalue weighted by atomic mass is 9.56. The van der Waals surface area contributed by atoms with E-state index in [0.717, 1.165) is 25.9 Å². The number of rotatable bonds is 15. The number of carbonyl (C=O) groups is 2. The smallest absolute Gasteiger partial charge is 0.133 e. The van der Waals surface area contributed by atoms with Gasteiger partial charge in [-0.15, -0.1) is 0 Å². The maximum absolute atomic E-state index is 11.7. The zero-order valence-electron chi connectivity index (χ0n) is 18.1. The van der Waals surface area contributed by atoms with Gasteiger partial charge in [0.25, 0.3) is 0 Å². The van der Waals surface area contributed by atoms with Crippen molar-refractivity contribution in [3.8, 4) is 0 Å². The average Bonchev–Trinajstić information content (AvgIpc) is 2.61. The zero-order chi connectivity index (χ0) is 19.7. The van der Waals surface area contributed by atoms with E-state index in [4.69, 9.17) is 4.74 Å². The van der Waals surface area contributed by atoms with Crippen molar-refractivity contribution in [1.82, 2.24) is 0 Å². The minimum absolute atomic E-state index is 0.129. The Hall–Kier alpha value is -0.700. The van der Waals surface area contributed by atoms with Crippen LogP contribution in [0.3, 0.4) is 0 Å². The van der Waals surface area contributed by atoms with Crippen molar-refractivity contribution in [2.45, 2.75) is 116 Å². The third-order valence-electron chi connectivity index (χ3n) is 6.98. The third kappa shape index (κ3) is 6.14. The minimum atomic E-state index is -0.129. The standard InChI is InChI=1S/C24H42O3/c1-4-7-8-9-10-11-12-13-24(6-3,27-14-5-2)23(19-15-21(25)16-19)20-17-22(26)18-20/h19-20,23H,4-18H2,1-3H3. The molecule has 0 aliphatic heterocycles. The topological polar surface area (TPSA) is 43.4 Å². The molecule has 3 heteroatoms. The van der Waals surface area contributed by atoms with Gasteiger partial charge in [-0.25, -0.2) is 0 Å². The number of Topliss-reactive ketones (excluding diaryl/α,β-unsaturated/α-hetero) is 2. The van der Waals surface area contributed by atoms with Crippen LogP contribution in [0.15, 0.2) is 0 Å². The van der Waals surface area contributed by atoms with Crippen LogP contribution in [-0.2, 0) is 14.3 Å². The number of ketones is 2. The molecule has 0 aromatic heterocycles. The molecular weight excluding hydrogens is 336 g/mol. The van der Waals surface area contributed by atoms with Gasteiger partial charge >= 0.3 is 0 Å². The fourth-order valence-electron chi connectivity index (χ4n) is 5.34. The molecule has 1 atom stereocenters. The first kappa shape index (κ1) is 22.6. The lowest BCUT2D eigenvalue weighted by Gasteiger charge is -2.52. The van der Waals surface area contributed by atoms with Crippen molar-refractivity contribution in [1.29, 1.82) is 0 Å². The highest BCUT2D eigenvalue weighted by molar-refractivity contribution is 5.86. The average molecular weight is 379 g/mol. The Morgan fingerprint density at radius 1 is 0.815 bits per heavy atom. The predicted molar refractivity (Wildman–Crippen MR) is 111 cm³/mol. The Morgan fingerprint density at radius 2 is 1.33 bits per heavy atom. The molecule has 0 saturated heterocycles. The van der Waals surface area contributed by atoms with Crippen LogP contribution >= 0.6 is 0 Å². The molecule has 0 bridgehead atoms. The SMILES string of the molecule is CCCCCCCCCC(CC)(OCCC)C(C1CC(=O)C1)C1CC(=O)C1. The molecule has 2 saturated carbocycles. The van der Waals surface area contributed by atoms with Gasteiger partial charge < -0.3 is 4.74 Å². The van der Waals surface area contributed by atoms with Crippen LogP contribution in [0.1, 0.15) is 111 Å². The normalized spacial score (nSPS) is 20.6. The summed E-state index contributed by atoms with van der Waals surface area (Å²) in [5.41, 5.74) is -0.129. The molecule has 2 fully saturated rings. The molecule has 3 nitrogen and oxygen atoms in total. The molecule has 0 amide bonds. The summed E-state index contributed by atoms with van der Waals surface area (Å²) in [5, 5.41) is 0. The molecule has 2 aliphatic rings. The van der Waals surface area contributed by atoms with Crippen LogP contribution in [0.5, 0.6) is 0 Å². The Morgan fingerprint density at radius 3 is 1.78 bits per heavy atom. The lowest BCUT2D eigenvalue weighted by molar-refractivity contribution is -0.163. The number of carbonyl (C=O) groups excluding carboxylic acids is 2. The zero-order valence-corrected chi connectivity index (χ0v) is 18.1. The predicted octanol–water partition coefficient (Wildman–Crippen LogP) is 6.28. The van der Waals surface area contributed by atoms with Crippen molar-refractivity contribution in [2.24, 2.45) is 17.8 Å². The van der Waals surface area contributed by atoms with Crippen LogP contribution in [0.2, 0.25) is 0 Å². The van der Waals surface area contributed by atoms with Crippen LogP contribution in [0.25, 0.3) is 0 Å². The summed E-state index contributed by atoms with van der Waals surface area (Å²) in [4.78, 5) is 23.4. The highest BCUT2D eigenvalue weighted by Crippen LogP contribution is 2.51. The highest BCUT2D eigenvalue weighted by Gasteiger charge is 2.52. The summed E-state index contributed by atoms with van der Waals surface area (Å²) < 4.78 is 6.60. The fraction of sp³-hybridized carbons (Fsp3) is 0.917. The molecule has 0 radical (unpaired) electrons. The number of ether oxygens (including phenoxy) is 1.